The van der Waals surface area contributed by atoms with Gasteiger partial charge < -0.3 is 14.8 Å². The Morgan fingerprint density at radius 2 is 2.05 bits per heavy atom. The van der Waals surface area contributed by atoms with Crippen molar-refractivity contribution < 1.29 is 9.47 Å². The van der Waals surface area contributed by atoms with E-state index in [1.165, 1.54) is 11.7 Å². The summed E-state index contributed by atoms with van der Waals surface area (Å²) in [5, 5.41) is 3.96. The molecule has 1 aliphatic heterocycles. The number of benzene rings is 2. The molecule has 0 fully saturated rings. The van der Waals surface area contributed by atoms with Gasteiger partial charge in [0.1, 0.15) is 11.0 Å². The highest BCUT2D eigenvalue weighted by Gasteiger charge is 2.14. The fraction of sp³-hybridized carbons (Fsp3) is 0.143. The molecule has 0 spiro atoms. The molecule has 1 aromatic heterocycles. The summed E-state index contributed by atoms with van der Waals surface area (Å²) in [6.07, 6.45) is 0. The standard InChI is InChI=1S/C14H10ClN3O2S/c15-9-2-3-10-14(18-21-17-10)13(9)16-6-8-1-4-11-12(5-8)20-7-19-11/h1-5,16H,6-7H2. The molecule has 3 aromatic rings. The number of nitrogens with zero attached hydrogens (tertiary/aromatic N) is 2. The van der Waals surface area contributed by atoms with Crippen molar-refractivity contribution in [3.63, 3.8) is 0 Å². The molecule has 0 saturated carbocycles. The Labute approximate surface area is 129 Å². The Balaban J connectivity index is 1.61. The van der Waals surface area contributed by atoms with Crippen LogP contribution in [0.15, 0.2) is 30.3 Å². The molecule has 5 nitrogen and oxygen atoms in total. The summed E-state index contributed by atoms with van der Waals surface area (Å²) in [6.45, 7) is 0.898. The lowest BCUT2D eigenvalue weighted by atomic mass is 10.2. The first-order chi connectivity index (χ1) is 10.3. The van der Waals surface area contributed by atoms with E-state index < -0.39 is 0 Å². The minimum Gasteiger partial charge on any atom is -0.454 e. The molecule has 0 aliphatic carbocycles. The topological polar surface area (TPSA) is 56.3 Å². The van der Waals surface area contributed by atoms with E-state index >= 15 is 0 Å². The largest absolute Gasteiger partial charge is 0.454 e. The van der Waals surface area contributed by atoms with Crippen LogP contribution in [-0.4, -0.2) is 15.5 Å². The number of anilines is 1. The SMILES string of the molecule is Clc1ccc2nsnc2c1NCc1ccc2c(c1)OCO2. The lowest BCUT2D eigenvalue weighted by molar-refractivity contribution is 0.174. The van der Waals surface area contributed by atoms with E-state index in [0.717, 1.165) is 33.8 Å². The average Bonchev–Trinajstić information content (AvgIpc) is 3.14. The summed E-state index contributed by atoms with van der Waals surface area (Å²) in [6, 6.07) is 9.56. The maximum atomic E-state index is 6.25. The lowest BCUT2D eigenvalue weighted by Crippen LogP contribution is -2.00. The van der Waals surface area contributed by atoms with Crippen LogP contribution in [0.25, 0.3) is 11.0 Å². The summed E-state index contributed by atoms with van der Waals surface area (Å²) in [4.78, 5) is 0. The normalized spacial score (nSPS) is 12.8. The maximum Gasteiger partial charge on any atom is 0.231 e. The van der Waals surface area contributed by atoms with Crippen LogP contribution in [0, 0.1) is 0 Å². The third-order valence-corrected chi connectivity index (χ3v) is 4.14. The zero-order valence-electron chi connectivity index (χ0n) is 10.8. The number of fused-ring (bicyclic) bond motifs is 2. The summed E-state index contributed by atoms with van der Waals surface area (Å²) in [7, 11) is 0. The van der Waals surface area contributed by atoms with E-state index in [-0.39, 0.29) is 6.79 Å². The number of rotatable bonds is 3. The number of hydrogen-bond acceptors (Lipinski definition) is 6. The first-order valence-corrected chi connectivity index (χ1v) is 7.45. The maximum absolute atomic E-state index is 6.25. The van der Waals surface area contributed by atoms with Crippen LogP contribution in [0.4, 0.5) is 5.69 Å². The van der Waals surface area contributed by atoms with Gasteiger partial charge in [0.25, 0.3) is 0 Å². The van der Waals surface area contributed by atoms with Crippen LogP contribution in [0.2, 0.25) is 5.02 Å². The van der Waals surface area contributed by atoms with Gasteiger partial charge in [0.2, 0.25) is 6.79 Å². The van der Waals surface area contributed by atoms with E-state index in [4.69, 9.17) is 21.1 Å². The minimum atomic E-state index is 0.280. The van der Waals surface area contributed by atoms with Gasteiger partial charge in [-0.3, -0.25) is 0 Å². The quantitative estimate of drug-likeness (QED) is 0.798. The molecule has 4 rings (SSSR count). The van der Waals surface area contributed by atoms with Gasteiger partial charge in [0, 0.05) is 6.54 Å². The molecule has 0 radical (unpaired) electrons. The van der Waals surface area contributed by atoms with Crippen molar-refractivity contribution in [3.8, 4) is 11.5 Å². The first-order valence-electron chi connectivity index (χ1n) is 6.34. The molecule has 0 amide bonds. The molecule has 21 heavy (non-hydrogen) atoms. The zero-order valence-corrected chi connectivity index (χ0v) is 12.4. The number of nitrogens with one attached hydrogen (secondary N) is 1. The molecule has 0 bridgehead atoms. The van der Waals surface area contributed by atoms with Crippen molar-refractivity contribution in [3.05, 3.63) is 40.9 Å². The Bertz CT molecular complexity index is 821. The van der Waals surface area contributed by atoms with Gasteiger partial charge in [0.15, 0.2) is 11.5 Å². The number of hydrogen-bond donors (Lipinski definition) is 1. The molecule has 0 atom stereocenters. The first kappa shape index (κ1) is 12.7. The number of halogens is 1. The number of aromatic nitrogens is 2. The second kappa shape index (κ2) is 5.05. The van der Waals surface area contributed by atoms with Crippen molar-refractivity contribution in [1.29, 1.82) is 0 Å². The highest BCUT2D eigenvalue weighted by molar-refractivity contribution is 7.00. The van der Waals surface area contributed by atoms with Gasteiger partial charge in [-0.2, -0.15) is 8.75 Å². The van der Waals surface area contributed by atoms with E-state index in [9.17, 15) is 0 Å². The molecule has 106 valence electrons. The highest BCUT2D eigenvalue weighted by atomic mass is 35.5. The lowest BCUT2D eigenvalue weighted by Gasteiger charge is -2.09. The highest BCUT2D eigenvalue weighted by Crippen LogP contribution is 2.34. The van der Waals surface area contributed by atoms with Crippen LogP contribution in [-0.2, 0) is 6.54 Å². The van der Waals surface area contributed by atoms with Gasteiger partial charge in [-0.05, 0) is 29.8 Å². The van der Waals surface area contributed by atoms with Crippen molar-refractivity contribution in [2.45, 2.75) is 6.54 Å². The van der Waals surface area contributed by atoms with Crippen LogP contribution in [0.1, 0.15) is 5.56 Å². The van der Waals surface area contributed by atoms with Crippen LogP contribution in [0.3, 0.4) is 0 Å². The smallest absolute Gasteiger partial charge is 0.231 e. The third kappa shape index (κ3) is 2.26. The van der Waals surface area contributed by atoms with E-state index in [2.05, 4.69) is 14.1 Å². The van der Waals surface area contributed by atoms with Gasteiger partial charge in [0.05, 0.1) is 22.4 Å². The fourth-order valence-corrected chi connectivity index (χ4v) is 3.00. The predicted octanol–water partition coefficient (Wildman–Crippen LogP) is 3.69. The van der Waals surface area contributed by atoms with Crippen molar-refractivity contribution in [2.75, 3.05) is 12.1 Å². The molecule has 2 aromatic carbocycles. The van der Waals surface area contributed by atoms with Gasteiger partial charge in [-0.15, -0.1) is 0 Å². The molecule has 1 aliphatic rings. The monoisotopic (exact) mass is 319 g/mol. The second-order valence-corrected chi connectivity index (χ2v) is 5.53. The number of ether oxygens (including phenoxy) is 2. The Morgan fingerprint density at radius 3 is 3.00 bits per heavy atom. The van der Waals surface area contributed by atoms with Crippen molar-refractivity contribution in [2.24, 2.45) is 0 Å². The predicted molar refractivity (Wildman–Crippen MR) is 82.3 cm³/mol. The minimum absolute atomic E-state index is 0.280. The van der Waals surface area contributed by atoms with Gasteiger partial charge in [-0.25, -0.2) is 0 Å². The van der Waals surface area contributed by atoms with E-state index in [1.807, 2.05) is 30.3 Å². The van der Waals surface area contributed by atoms with Crippen LogP contribution >= 0.6 is 23.3 Å². The fourth-order valence-electron chi connectivity index (χ4n) is 2.24. The second-order valence-electron chi connectivity index (χ2n) is 4.60. The van der Waals surface area contributed by atoms with E-state index in [1.54, 1.807) is 0 Å². The Hall–Kier alpha value is -2.05. The van der Waals surface area contributed by atoms with Gasteiger partial charge >= 0.3 is 0 Å². The van der Waals surface area contributed by atoms with Crippen molar-refractivity contribution in [1.82, 2.24) is 8.75 Å². The van der Waals surface area contributed by atoms with E-state index in [0.29, 0.717) is 11.6 Å². The molecule has 1 N–H and O–H groups in total. The molecule has 2 heterocycles. The molecular formula is C14H10ClN3O2S. The molecular weight excluding hydrogens is 310 g/mol. The van der Waals surface area contributed by atoms with Crippen LogP contribution < -0.4 is 14.8 Å². The summed E-state index contributed by atoms with van der Waals surface area (Å²) < 4.78 is 19.2. The summed E-state index contributed by atoms with van der Waals surface area (Å²) >= 11 is 7.43. The summed E-state index contributed by atoms with van der Waals surface area (Å²) in [5.74, 6) is 1.55. The molecule has 7 heteroatoms. The van der Waals surface area contributed by atoms with Gasteiger partial charge in [-0.1, -0.05) is 17.7 Å². The summed E-state index contributed by atoms with van der Waals surface area (Å²) in [5.41, 5.74) is 3.53. The Kier molecular flexibility index (Phi) is 3.05. The zero-order chi connectivity index (χ0) is 14.2. The average molecular weight is 320 g/mol. The molecule has 0 saturated heterocycles. The third-order valence-electron chi connectivity index (χ3n) is 3.28. The Morgan fingerprint density at radius 1 is 1.14 bits per heavy atom. The molecule has 0 unspecified atom stereocenters. The van der Waals surface area contributed by atoms with Crippen LogP contribution in [0.5, 0.6) is 11.5 Å². The van der Waals surface area contributed by atoms with Crippen molar-refractivity contribution >= 4 is 40.0 Å².